The molecule has 0 saturated carbocycles. The van der Waals surface area contributed by atoms with Crippen molar-refractivity contribution in [1.82, 2.24) is 9.97 Å². The van der Waals surface area contributed by atoms with Gasteiger partial charge in [0.1, 0.15) is 0 Å². The molecule has 3 rings (SSSR count). The fourth-order valence-electron chi connectivity index (χ4n) is 2.67. The minimum absolute atomic E-state index is 0.191. The van der Waals surface area contributed by atoms with Crippen LogP contribution in [0.1, 0.15) is 41.0 Å². The fourth-order valence-corrected chi connectivity index (χ4v) is 2.67. The maximum Gasteiger partial charge on any atom is 0.361 e. The van der Waals surface area contributed by atoms with Gasteiger partial charge >= 0.3 is 5.97 Å². The maximum atomic E-state index is 12.6. The van der Waals surface area contributed by atoms with Crippen LogP contribution in [0.5, 0.6) is 0 Å². The lowest BCUT2D eigenvalue weighted by Crippen LogP contribution is -2.16. The van der Waals surface area contributed by atoms with Gasteiger partial charge in [0, 0.05) is 5.69 Å². The number of esters is 1. The zero-order valence-corrected chi connectivity index (χ0v) is 15.8. The van der Waals surface area contributed by atoms with Gasteiger partial charge in [-0.25, -0.2) is 14.8 Å². The van der Waals surface area contributed by atoms with Gasteiger partial charge in [-0.2, -0.15) is 0 Å². The predicted molar refractivity (Wildman–Crippen MR) is 104 cm³/mol. The lowest BCUT2D eigenvalue weighted by molar-refractivity contribution is 0.0372. The van der Waals surface area contributed by atoms with E-state index in [0.717, 1.165) is 27.9 Å². The minimum atomic E-state index is -0.484. The zero-order chi connectivity index (χ0) is 18.8. The summed E-state index contributed by atoms with van der Waals surface area (Å²) >= 11 is 0. The zero-order valence-electron chi connectivity index (χ0n) is 15.8. The van der Waals surface area contributed by atoms with E-state index in [1.807, 2.05) is 71.0 Å². The molecule has 0 spiro atoms. The number of nitrogens with one attached hydrogen (secondary N) is 1. The summed E-state index contributed by atoms with van der Waals surface area (Å²) in [6.07, 6.45) is -0.230. The van der Waals surface area contributed by atoms with Crippen molar-refractivity contribution in [2.75, 3.05) is 5.32 Å². The van der Waals surface area contributed by atoms with Crippen LogP contribution in [0.15, 0.2) is 36.4 Å². The van der Waals surface area contributed by atoms with E-state index in [2.05, 4.69) is 15.3 Å². The molecule has 0 atom stereocenters. The molecule has 134 valence electrons. The molecular weight excluding hydrogens is 326 g/mol. The van der Waals surface area contributed by atoms with Crippen LogP contribution in [0.3, 0.4) is 0 Å². The number of nitrogens with zero attached hydrogens (tertiary/aromatic N) is 2. The first-order chi connectivity index (χ1) is 12.3. The highest BCUT2D eigenvalue weighted by Gasteiger charge is 2.20. The summed E-state index contributed by atoms with van der Waals surface area (Å²) in [5.41, 5.74) is 5.81. The first-order valence-corrected chi connectivity index (χ1v) is 8.67. The van der Waals surface area contributed by atoms with E-state index >= 15 is 0 Å². The summed E-state index contributed by atoms with van der Waals surface area (Å²) in [4.78, 5) is 21.8. The molecule has 0 unspecified atom stereocenters. The fraction of sp³-hybridized carbons (Fsp3) is 0.286. The van der Waals surface area contributed by atoms with Crippen molar-refractivity contribution >= 4 is 28.5 Å². The Morgan fingerprint density at radius 3 is 2.27 bits per heavy atom. The van der Waals surface area contributed by atoms with Gasteiger partial charge < -0.3 is 10.1 Å². The smallest absolute Gasteiger partial charge is 0.361 e. The number of fused-ring (bicyclic) bond motifs is 1. The second-order valence-corrected chi connectivity index (χ2v) is 6.79. The Hall–Kier alpha value is -2.95. The predicted octanol–water partition coefficient (Wildman–Crippen LogP) is 4.86. The Balaban J connectivity index is 2.13. The van der Waals surface area contributed by atoms with E-state index in [1.165, 1.54) is 0 Å². The van der Waals surface area contributed by atoms with Crippen LogP contribution in [0.25, 0.3) is 11.0 Å². The van der Waals surface area contributed by atoms with E-state index in [4.69, 9.17) is 4.74 Å². The van der Waals surface area contributed by atoms with Gasteiger partial charge in [0.15, 0.2) is 11.5 Å². The number of hydrogen-bond acceptors (Lipinski definition) is 5. The molecule has 1 N–H and O–H groups in total. The van der Waals surface area contributed by atoms with Crippen LogP contribution >= 0.6 is 0 Å². The number of anilines is 2. The third-order valence-corrected chi connectivity index (χ3v) is 4.10. The molecule has 0 aliphatic heterocycles. The van der Waals surface area contributed by atoms with Gasteiger partial charge in [-0.05, 0) is 75.6 Å². The minimum Gasteiger partial charge on any atom is -0.458 e. The van der Waals surface area contributed by atoms with Crippen LogP contribution < -0.4 is 5.32 Å². The standard InChI is InChI=1S/C21H23N3O2/c1-12(2)26-21(25)19-20(22-16-8-6-7-13(3)9-16)24-18-11-15(5)14(4)10-17(18)23-19/h6-12H,1-5H3,(H,22,24). The molecule has 0 radical (unpaired) electrons. The van der Waals surface area contributed by atoms with Crippen molar-refractivity contribution < 1.29 is 9.53 Å². The average Bonchev–Trinajstić information content (AvgIpc) is 2.55. The molecule has 2 aromatic carbocycles. The highest BCUT2D eigenvalue weighted by Crippen LogP contribution is 2.24. The average molecular weight is 349 g/mol. The SMILES string of the molecule is Cc1cccc(Nc2nc3cc(C)c(C)cc3nc2C(=O)OC(C)C)c1. The third kappa shape index (κ3) is 3.82. The van der Waals surface area contributed by atoms with Crippen LogP contribution in [-0.4, -0.2) is 22.0 Å². The van der Waals surface area contributed by atoms with E-state index in [0.29, 0.717) is 11.3 Å². The highest BCUT2D eigenvalue weighted by atomic mass is 16.5. The van der Waals surface area contributed by atoms with Gasteiger partial charge in [-0.1, -0.05) is 12.1 Å². The Morgan fingerprint density at radius 1 is 1.00 bits per heavy atom. The van der Waals surface area contributed by atoms with E-state index in [1.54, 1.807) is 0 Å². The molecule has 5 nitrogen and oxygen atoms in total. The second kappa shape index (κ2) is 7.12. The molecule has 0 aliphatic carbocycles. The molecule has 0 amide bonds. The Morgan fingerprint density at radius 2 is 1.65 bits per heavy atom. The number of carbonyl (C=O) groups excluding carboxylic acids is 1. The maximum absolute atomic E-state index is 12.6. The van der Waals surface area contributed by atoms with Crippen LogP contribution in [-0.2, 0) is 4.74 Å². The molecule has 3 aromatic rings. The molecular formula is C21H23N3O2. The number of aryl methyl sites for hydroxylation is 3. The second-order valence-electron chi connectivity index (χ2n) is 6.79. The van der Waals surface area contributed by atoms with Crippen molar-refractivity contribution in [1.29, 1.82) is 0 Å². The Labute approximate surface area is 153 Å². The molecule has 1 heterocycles. The first-order valence-electron chi connectivity index (χ1n) is 8.67. The van der Waals surface area contributed by atoms with Gasteiger partial charge in [-0.3, -0.25) is 0 Å². The summed E-state index contributed by atoms with van der Waals surface area (Å²) in [5.74, 6) is -0.0835. The lowest BCUT2D eigenvalue weighted by Gasteiger charge is -2.14. The van der Waals surface area contributed by atoms with Crippen molar-refractivity contribution in [2.45, 2.75) is 40.7 Å². The molecule has 0 aliphatic rings. The normalized spacial score (nSPS) is 11.0. The van der Waals surface area contributed by atoms with Crippen molar-refractivity contribution in [3.05, 3.63) is 58.8 Å². The van der Waals surface area contributed by atoms with Crippen molar-refractivity contribution in [3.8, 4) is 0 Å². The number of benzene rings is 2. The summed E-state index contributed by atoms with van der Waals surface area (Å²) < 4.78 is 5.36. The Bertz CT molecular complexity index is 980. The largest absolute Gasteiger partial charge is 0.458 e. The molecule has 26 heavy (non-hydrogen) atoms. The lowest BCUT2D eigenvalue weighted by atomic mass is 10.1. The molecule has 5 heteroatoms. The number of carbonyl (C=O) groups is 1. The van der Waals surface area contributed by atoms with E-state index in [-0.39, 0.29) is 11.8 Å². The molecule has 1 aromatic heterocycles. The highest BCUT2D eigenvalue weighted by molar-refractivity contribution is 5.96. The monoisotopic (exact) mass is 349 g/mol. The van der Waals surface area contributed by atoms with Gasteiger partial charge in [0.05, 0.1) is 17.1 Å². The van der Waals surface area contributed by atoms with Gasteiger partial charge in [0.2, 0.25) is 0 Å². The first kappa shape index (κ1) is 17.9. The van der Waals surface area contributed by atoms with Crippen molar-refractivity contribution in [2.24, 2.45) is 0 Å². The van der Waals surface area contributed by atoms with Crippen molar-refractivity contribution in [3.63, 3.8) is 0 Å². The van der Waals surface area contributed by atoms with Crippen LogP contribution in [0, 0.1) is 20.8 Å². The van der Waals surface area contributed by atoms with Gasteiger partial charge in [0.25, 0.3) is 0 Å². The topological polar surface area (TPSA) is 64.1 Å². The molecule has 0 saturated heterocycles. The van der Waals surface area contributed by atoms with Crippen LogP contribution in [0.4, 0.5) is 11.5 Å². The summed E-state index contributed by atoms with van der Waals surface area (Å²) in [6.45, 7) is 9.69. The number of rotatable bonds is 4. The van der Waals surface area contributed by atoms with Crippen LogP contribution in [0.2, 0.25) is 0 Å². The Kier molecular flexibility index (Phi) is 4.89. The third-order valence-electron chi connectivity index (χ3n) is 4.10. The molecule has 0 bridgehead atoms. The number of aromatic nitrogens is 2. The van der Waals surface area contributed by atoms with E-state index < -0.39 is 5.97 Å². The summed E-state index contributed by atoms with van der Waals surface area (Å²) in [5, 5.41) is 3.22. The van der Waals surface area contributed by atoms with E-state index in [9.17, 15) is 4.79 Å². The summed E-state index contributed by atoms with van der Waals surface area (Å²) in [7, 11) is 0. The molecule has 0 fully saturated rings. The number of hydrogen-bond donors (Lipinski definition) is 1. The number of ether oxygens (including phenoxy) is 1. The van der Waals surface area contributed by atoms with Gasteiger partial charge in [-0.15, -0.1) is 0 Å². The quantitative estimate of drug-likeness (QED) is 0.681. The summed E-state index contributed by atoms with van der Waals surface area (Å²) in [6, 6.07) is 11.8.